The Morgan fingerprint density at radius 3 is 2.84 bits per heavy atom. The Bertz CT molecular complexity index is 699. The molecule has 1 aliphatic heterocycles. The van der Waals surface area contributed by atoms with E-state index in [-0.39, 0.29) is 18.7 Å². The number of hydrogen-bond donors (Lipinski definition) is 3. The molecule has 0 bridgehead atoms. The molecule has 6 heteroatoms. The van der Waals surface area contributed by atoms with Crippen LogP contribution in [0.15, 0.2) is 35.7 Å². The lowest BCUT2D eigenvalue weighted by atomic mass is 10.1. The van der Waals surface area contributed by atoms with Crippen LogP contribution in [-0.4, -0.2) is 30.3 Å². The Kier molecular flexibility index (Phi) is 5.94. The molecule has 0 aliphatic carbocycles. The molecule has 2 heterocycles. The van der Waals surface area contributed by atoms with E-state index in [9.17, 15) is 4.79 Å². The van der Waals surface area contributed by atoms with Crippen molar-refractivity contribution in [1.29, 1.82) is 0 Å². The first kappa shape index (κ1) is 17.8. The summed E-state index contributed by atoms with van der Waals surface area (Å²) in [5.41, 5.74) is 3.37. The summed E-state index contributed by atoms with van der Waals surface area (Å²) < 4.78 is 0. The van der Waals surface area contributed by atoms with Gasteiger partial charge in [-0.15, -0.1) is 11.3 Å². The first-order chi connectivity index (χ1) is 12.2. The largest absolute Gasteiger partial charge is 0.396 e. The number of hydrogen-bond acceptors (Lipinski definition) is 4. The predicted molar refractivity (Wildman–Crippen MR) is 103 cm³/mol. The van der Waals surface area contributed by atoms with Crippen molar-refractivity contribution in [2.24, 2.45) is 0 Å². The molecule has 3 rings (SSSR count). The average Bonchev–Trinajstić information content (AvgIpc) is 3.09. The van der Waals surface area contributed by atoms with Crippen molar-refractivity contribution in [3.8, 4) is 0 Å². The number of carbonyl (C=O) groups excluding carboxylic acids is 1. The summed E-state index contributed by atoms with van der Waals surface area (Å²) in [5, 5.41) is 16.9. The van der Waals surface area contributed by atoms with Crippen LogP contribution in [0.5, 0.6) is 0 Å². The van der Waals surface area contributed by atoms with E-state index in [0.717, 1.165) is 31.6 Å². The average molecular weight is 359 g/mol. The van der Waals surface area contributed by atoms with Crippen LogP contribution in [0.25, 0.3) is 0 Å². The molecule has 134 valence electrons. The highest BCUT2D eigenvalue weighted by atomic mass is 32.1. The van der Waals surface area contributed by atoms with E-state index in [4.69, 9.17) is 5.11 Å². The van der Waals surface area contributed by atoms with Gasteiger partial charge in [-0.25, -0.2) is 4.79 Å². The SMILES string of the molecule is CCC(CCO)NC(=O)Nc1ccc(N2CCc3sccc3C2)cc1. The van der Waals surface area contributed by atoms with Gasteiger partial charge in [0.15, 0.2) is 0 Å². The Hall–Kier alpha value is -2.05. The lowest BCUT2D eigenvalue weighted by Crippen LogP contribution is -2.38. The highest BCUT2D eigenvalue weighted by Gasteiger charge is 2.17. The van der Waals surface area contributed by atoms with E-state index < -0.39 is 0 Å². The maximum Gasteiger partial charge on any atom is 0.319 e. The molecular weight excluding hydrogens is 334 g/mol. The number of aliphatic hydroxyl groups excluding tert-OH is 1. The van der Waals surface area contributed by atoms with E-state index in [1.807, 2.05) is 30.4 Å². The van der Waals surface area contributed by atoms with Crippen molar-refractivity contribution in [2.75, 3.05) is 23.4 Å². The molecule has 0 spiro atoms. The number of nitrogens with zero attached hydrogens (tertiary/aromatic N) is 1. The second-order valence-corrected chi connectivity index (χ2v) is 7.30. The molecule has 5 nitrogen and oxygen atoms in total. The van der Waals surface area contributed by atoms with Gasteiger partial charge in [-0.3, -0.25) is 0 Å². The van der Waals surface area contributed by atoms with Crippen molar-refractivity contribution in [1.82, 2.24) is 5.32 Å². The summed E-state index contributed by atoms with van der Waals surface area (Å²) in [4.78, 5) is 15.9. The number of amides is 2. The number of rotatable bonds is 6. The van der Waals surface area contributed by atoms with Gasteiger partial charge in [-0.2, -0.15) is 0 Å². The molecule has 2 aromatic rings. The van der Waals surface area contributed by atoms with Gasteiger partial charge in [0.25, 0.3) is 0 Å². The molecule has 1 atom stereocenters. The fraction of sp³-hybridized carbons (Fsp3) is 0.421. The summed E-state index contributed by atoms with van der Waals surface area (Å²) in [6, 6.07) is 9.96. The highest BCUT2D eigenvalue weighted by Crippen LogP contribution is 2.28. The Morgan fingerprint density at radius 1 is 1.32 bits per heavy atom. The van der Waals surface area contributed by atoms with E-state index in [2.05, 4.69) is 39.1 Å². The molecule has 25 heavy (non-hydrogen) atoms. The van der Waals surface area contributed by atoms with Crippen LogP contribution in [0.3, 0.4) is 0 Å². The summed E-state index contributed by atoms with van der Waals surface area (Å²) in [7, 11) is 0. The second kappa shape index (κ2) is 8.36. The summed E-state index contributed by atoms with van der Waals surface area (Å²) >= 11 is 1.85. The zero-order valence-corrected chi connectivity index (χ0v) is 15.3. The minimum absolute atomic E-state index is 0.00238. The zero-order valence-electron chi connectivity index (χ0n) is 14.5. The maximum atomic E-state index is 12.0. The molecule has 1 aromatic carbocycles. The van der Waals surface area contributed by atoms with Crippen molar-refractivity contribution in [3.05, 3.63) is 46.2 Å². The molecule has 1 unspecified atom stereocenters. The van der Waals surface area contributed by atoms with Crippen LogP contribution in [0.1, 0.15) is 30.2 Å². The van der Waals surface area contributed by atoms with Crippen molar-refractivity contribution >= 4 is 28.7 Å². The second-order valence-electron chi connectivity index (χ2n) is 6.30. The smallest absolute Gasteiger partial charge is 0.319 e. The minimum atomic E-state index is -0.228. The van der Waals surface area contributed by atoms with E-state index in [0.29, 0.717) is 6.42 Å². The zero-order chi connectivity index (χ0) is 17.6. The minimum Gasteiger partial charge on any atom is -0.396 e. The van der Waals surface area contributed by atoms with E-state index in [1.165, 1.54) is 16.1 Å². The number of fused-ring (bicyclic) bond motifs is 1. The summed E-state index contributed by atoms with van der Waals surface area (Å²) in [6.45, 7) is 4.05. The van der Waals surface area contributed by atoms with Gasteiger partial charge in [0.2, 0.25) is 0 Å². The van der Waals surface area contributed by atoms with Crippen LogP contribution in [0, 0.1) is 0 Å². The molecular formula is C19H25N3O2S. The van der Waals surface area contributed by atoms with Gasteiger partial charge in [0, 0.05) is 42.0 Å². The molecule has 2 amide bonds. The molecule has 1 aliphatic rings. The van der Waals surface area contributed by atoms with Crippen LogP contribution < -0.4 is 15.5 Å². The third kappa shape index (κ3) is 4.52. The van der Waals surface area contributed by atoms with Crippen molar-refractivity contribution in [2.45, 2.75) is 38.8 Å². The van der Waals surface area contributed by atoms with Crippen LogP contribution in [0.2, 0.25) is 0 Å². The standard InChI is InChI=1S/C19H25N3O2S/c1-2-15(8-11-23)20-19(24)21-16-3-5-17(6-4-16)22-10-7-18-14(13-22)9-12-25-18/h3-6,9,12,15,23H,2,7-8,10-11,13H2,1H3,(H2,20,21,24). The van der Waals surface area contributed by atoms with Gasteiger partial charge in [-0.1, -0.05) is 6.92 Å². The molecule has 1 aromatic heterocycles. The van der Waals surface area contributed by atoms with Gasteiger partial charge in [0.1, 0.15) is 0 Å². The maximum absolute atomic E-state index is 12.0. The summed E-state index contributed by atoms with van der Waals surface area (Å²) in [6.07, 6.45) is 2.47. The number of aliphatic hydroxyl groups is 1. The number of benzene rings is 1. The van der Waals surface area contributed by atoms with Crippen molar-refractivity contribution < 1.29 is 9.90 Å². The number of carbonyl (C=O) groups is 1. The van der Waals surface area contributed by atoms with E-state index in [1.54, 1.807) is 0 Å². The first-order valence-corrected chi connectivity index (χ1v) is 9.66. The topological polar surface area (TPSA) is 64.6 Å². The quantitative estimate of drug-likeness (QED) is 0.738. The van der Waals surface area contributed by atoms with Crippen LogP contribution in [0.4, 0.5) is 16.2 Å². The number of anilines is 2. The summed E-state index contributed by atoms with van der Waals surface area (Å²) in [5.74, 6) is 0. The monoisotopic (exact) mass is 359 g/mol. The van der Waals surface area contributed by atoms with Gasteiger partial charge >= 0.3 is 6.03 Å². The molecule has 0 radical (unpaired) electrons. The van der Waals surface area contributed by atoms with Gasteiger partial charge < -0.3 is 20.6 Å². The Morgan fingerprint density at radius 2 is 2.12 bits per heavy atom. The fourth-order valence-corrected chi connectivity index (χ4v) is 4.00. The lowest BCUT2D eigenvalue weighted by Gasteiger charge is -2.29. The van der Waals surface area contributed by atoms with Gasteiger partial charge in [-0.05, 0) is 60.5 Å². The molecule has 0 saturated heterocycles. The lowest BCUT2D eigenvalue weighted by molar-refractivity contribution is 0.237. The first-order valence-electron chi connectivity index (χ1n) is 8.78. The Balaban J connectivity index is 1.56. The highest BCUT2D eigenvalue weighted by molar-refractivity contribution is 7.10. The van der Waals surface area contributed by atoms with Crippen molar-refractivity contribution in [3.63, 3.8) is 0 Å². The fourth-order valence-electron chi connectivity index (χ4n) is 3.11. The van der Waals surface area contributed by atoms with E-state index >= 15 is 0 Å². The number of urea groups is 1. The number of nitrogens with one attached hydrogen (secondary N) is 2. The normalized spacial score (nSPS) is 14.7. The van der Waals surface area contributed by atoms with Gasteiger partial charge in [0.05, 0.1) is 0 Å². The molecule has 3 N–H and O–H groups in total. The molecule has 0 saturated carbocycles. The predicted octanol–water partition coefficient (Wildman–Crippen LogP) is 3.59. The van der Waals surface area contributed by atoms with Crippen LogP contribution in [-0.2, 0) is 13.0 Å². The third-order valence-electron chi connectivity index (χ3n) is 4.60. The number of thiophene rings is 1. The van der Waals surface area contributed by atoms with Crippen LogP contribution >= 0.6 is 11.3 Å². The third-order valence-corrected chi connectivity index (χ3v) is 5.63. The Labute approximate surface area is 152 Å². The molecule has 0 fully saturated rings.